The molecule has 0 spiro atoms. The molecule has 1 aliphatic heterocycles. The van der Waals surface area contributed by atoms with Gasteiger partial charge < -0.3 is 28.6 Å². The van der Waals surface area contributed by atoms with Crippen molar-refractivity contribution in [2.45, 2.75) is 49.5 Å². The molecule has 3 N–H and O–H groups in total. The number of nitrogens with zero attached hydrogens (tertiary/aromatic N) is 1. The Morgan fingerprint density at radius 2 is 2.00 bits per heavy atom. The first-order valence-electron chi connectivity index (χ1n) is 13.3. The number of allylic oxidation sites excluding steroid dienone is 2. The van der Waals surface area contributed by atoms with E-state index in [4.69, 9.17) is 18.7 Å². The average Bonchev–Trinajstić information content (AvgIpc) is 3.33. The summed E-state index contributed by atoms with van der Waals surface area (Å²) in [5.41, 5.74) is 2.39. The number of nitrogens with one attached hydrogen (secondary N) is 3. The summed E-state index contributed by atoms with van der Waals surface area (Å²) >= 11 is 4.45. The van der Waals surface area contributed by atoms with Gasteiger partial charge in [-0.2, -0.15) is 25.8 Å². The van der Waals surface area contributed by atoms with Crippen molar-refractivity contribution in [1.82, 2.24) is 19.3 Å². The van der Waals surface area contributed by atoms with E-state index in [1.165, 1.54) is 16.0 Å². The van der Waals surface area contributed by atoms with Crippen LogP contribution in [0.5, 0.6) is 11.5 Å². The molecule has 11 nitrogen and oxygen atoms in total. The number of amides is 1. The normalized spacial score (nSPS) is 21.1. The molecule has 1 fully saturated rings. The van der Waals surface area contributed by atoms with E-state index in [-0.39, 0.29) is 46.1 Å². The number of benzene rings is 1. The lowest BCUT2D eigenvalue weighted by Crippen LogP contribution is -2.46. The summed E-state index contributed by atoms with van der Waals surface area (Å²) in [4.78, 5) is 16.5. The first-order valence-corrected chi connectivity index (χ1v) is 16.2. The molecule has 2 aliphatic rings. The topological polar surface area (TPSA) is 127 Å². The van der Waals surface area contributed by atoms with Gasteiger partial charge in [0.05, 0.1) is 26.9 Å². The Morgan fingerprint density at radius 3 is 2.75 bits per heavy atom. The molecule has 1 heterocycles. The predicted molar refractivity (Wildman–Crippen MR) is 163 cm³/mol. The molecule has 40 heavy (non-hydrogen) atoms. The van der Waals surface area contributed by atoms with Crippen molar-refractivity contribution in [3.8, 4) is 11.5 Å². The lowest BCUT2D eigenvalue weighted by atomic mass is 9.98. The molecule has 0 bridgehead atoms. The van der Waals surface area contributed by atoms with E-state index in [1.54, 1.807) is 22.2 Å². The highest BCUT2D eigenvalue weighted by Gasteiger charge is 2.35. The highest BCUT2D eigenvalue weighted by molar-refractivity contribution is 7.87. The molecule has 15 heteroatoms. The summed E-state index contributed by atoms with van der Waals surface area (Å²) < 4.78 is 51.7. The van der Waals surface area contributed by atoms with Gasteiger partial charge in [-0.1, -0.05) is 24.3 Å². The van der Waals surface area contributed by atoms with Gasteiger partial charge >= 0.3 is 6.09 Å². The standard InChI is InChI=1S/C25H40BN4O7PS2/c1-34-23-10-9-19(14-24(23)35-2)6-3-5-18-7-4-8-21(13-18)36-12-11-27-40(32,33)28-16-20-15-22(39)17-30(20)25(31)37-38-29-26/h4,7,9-10,13-14,20-22,27-29,38-39H,3,5-6,8,11-12,15-17,26H2,1-2H3/t20-,21?,22-/m0/s1. The van der Waals surface area contributed by atoms with Gasteiger partial charge in [0, 0.05) is 30.9 Å². The van der Waals surface area contributed by atoms with E-state index >= 15 is 0 Å². The van der Waals surface area contributed by atoms with Crippen LogP contribution in [0.4, 0.5) is 4.79 Å². The summed E-state index contributed by atoms with van der Waals surface area (Å²) in [6.45, 7) is 0.854. The number of methoxy groups -OCH3 is 2. The first-order chi connectivity index (χ1) is 19.2. The van der Waals surface area contributed by atoms with Crippen LogP contribution in [0, 0.1) is 0 Å². The maximum Gasteiger partial charge on any atom is 0.413 e. The fraction of sp³-hybridized carbons (Fsp3) is 0.560. The third kappa shape index (κ3) is 10.6. The molecule has 3 rings (SSSR count). The van der Waals surface area contributed by atoms with Gasteiger partial charge in [0.2, 0.25) is 0 Å². The molecule has 4 atom stereocenters. The second-order valence-electron chi connectivity index (χ2n) is 9.49. The van der Waals surface area contributed by atoms with Crippen molar-refractivity contribution in [1.29, 1.82) is 0 Å². The molecular formula is C25H40BN4O7PS2. The first kappa shape index (κ1) is 32.7. The van der Waals surface area contributed by atoms with Gasteiger partial charge in [-0.25, -0.2) is 9.52 Å². The smallest absolute Gasteiger partial charge is 0.413 e. The molecule has 1 saturated heterocycles. The van der Waals surface area contributed by atoms with Crippen LogP contribution in [0.25, 0.3) is 0 Å². The molecule has 0 saturated carbocycles. The Kier molecular flexibility index (Phi) is 13.6. The zero-order valence-corrected chi connectivity index (χ0v) is 25.9. The summed E-state index contributed by atoms with van der Waals surface area (Å²) in [5.74, 6) is 1.45. The monoisotopic (exact) mass is 614 g/mol. The van der Waals surface area contributed by atoms with Crippen LogP contribution in [0.2, 0.25) is 0 Å². The number of carbonyl (C=O) groups excluding carboxylic acids is 1. The molecule has 1 aliphatic carbocycles. The molecule has 0 aromatic heterocycles. The quantitative estimate of drug-likeness (QED) is 0.0963. The third-order valence-corrected chi connectivity index (χ3v) is 8.57. The summed E-state index contributed by atoms with van der Waals surface area (Å²) in [6, 6.07) is 5.65. The minimum absolute atomic E-state index is 0.0326. The number of rotatable bonds is 16. The summed E-state index contributed by atoms with van der Waals surface area (Å²) in [5, 5.41) is -0.0326. The highest BCUT2D eigenvalue weighted by Crippen LogP contribution is 2.29. The van der Waals surface area contributed by atoms with E-state index < -0.39 is 16.3 Å². The van der Waals surface area contributed by atoms with Crippen molar-refractivity contribution in [2.75, 3.05) is 40.5 Å². The van der Waals surface area contributed by atoms with Crippen molar-refractivity contribution in [3.05, 3.63) is 47.6 Å². The van der Waals surface area contributed by atoms with E-state index in [1.807, 2.05) is 12.1 Å². The van der Waals surface area contributed by atoms with Crippen LogP contribution in [-0.4, -0.2) is 85.2 Å². The fourth-order valence-electron chi connectivity index (χ4n) is 4.64. The van der Waals surface area contributed by atoms with Gasteiger partial charge in [0.25, 0.3) is 10.2 Å². The van der Waals surface area contributed by atoms with Crippen LogP contribution in [0.15, 0.2) is 42.0 Å². The third-order valence-electron chi connectivity index (χ3n) is 6.58. The molecule has 0 radical (unpaired) electrons. The van der Waals surface area contributed by atoms with Crippen LogP contribution in [-0.2, 0) is 25.9 Å². The number of thiol groups is 1. The van der Waals surface area contributed by atoms with Gasteiger partial charge in [-0.05, 0) is 55.4 Å². The molecule has 1 amide bonds. The van der Waals surface area contributed by atoms with E-state index in [0.29, 0.717) is 13.0 Å². The van der Waals surface area contributed by atoms with Crippen molar-refractivity contribution in [2.24, 2.45) is 0 Å². The van der Waals surface area contributed by atoms with E-state index in [0.717, 1.165) is 37.2 Å². The van der Waals surface area contributed by atoms with Crippen LogP contribution in [0.3, 0.4) is 0 Å². The number of carbonyl (C=O) groups is 1. The van der Waals surface area contributed by atoms with Gasteiger partial charge in [-0.3, -0.25) is 0 Å². The zero-order valence-electron chi connectivity index (χ0n) is 23.2. The van der Waals surface area contributed by atoms with Crippen molar-refractivity contribution >= 4 is 45.9 Å². The average molecular weight is 615 g/mol. The number of hydrogen-bond donors (Lipinski definition) is 4. The van der Waals surface area contributed by atoms with Crippen molar-refractivity contribution < 1.29 is 31.9 Å². The second-order valence-corrected chi connectivity index (χ2v) is 12.7. The van der Waals surface area contributed by atoms with E-state index in [2.05, 4.69) is 51.4 Å². The SMILES string of the molecule is BNPOC(=O)N1C[C@@H](S)C[C@H]1CNS(=O)(=O)NCCOC1C=C(CCCc2ccc(OC)c(OC)c2)C=CC1. The fourth-order valence-corrected chi connectivity index (χ4v) is 6.23. The second kappa shape index (κ2) is 16.6. The number of likely N-dealkylation sites (tertiary alicyclic amines) is 1. The van der Waals surface area contributed by atoms with Crippen LogP contribution >= 0.6 is 21.6 Å². The number of aryl methyl sites for hydroxylation is 1. The zero-order chi connectivity index (χ0) is 29.0. The minimum Gasteiger partial charge on any atom is -0.493 e. The largest absolute Gasteiger partial charge is 0.493 e. The lowest BCUT2D eigenvalue weighted by molar-refractivity contribution is 0.0903. The van der Waals surface area contributed by atoms with Crippen LogP contribution < -0.4 is 23.9 Å². The highest BCUT2D eigenvalue weighted by atomic mass is 32.2. The summed E-state index contributed by atoms with van der Waals surface area (Å²) in [7, 11) is 1.03. The van der Waals surface area contributed by atoms with E-state index in [9.17, 15) is 13.2 Å². The minimum atomic E-state index is -3.75. The summed E-state index contributed by atoms with van der Waals surface area (Å²) in [6.07, 6.45) is 9.87. The Hall–Kier alpha value is -1.80. The maximum absolute atomic E-state index is 12.5. The molecule has 222 valence electrons. The molecule has 1 aromatic rings. The molecular weight excluding hydrogens is 574 g/mol. The Bertz CT molecular complexity index is 1140. The Labute approximate surface area is 245 Å². The van der Waals surface area contributed by atoms with Gasteiger partial charge in [0.1, 0.15) is 8.96 Å². The van der Waals surface area contributed by atoms with Gasteiger partial charge in [-0.15, -0.1) is 0 Å². The molecule has 2 unspecified atom stereocenters. The van der Waals surface area contributed by atoms with Crippen LogP contribution in [0.1, 0.15) is 31.2 Å². The maximum atomic E-state index is 12.5. The lowest BCUT2D eigenvalue weighted by Gasteiger charge is -2.24. The number of hydrogen-bond acceptors (Lipinski definition) is 9. The molecule has 1 aromatic carbocycles. The Balaban J connectivity index is 1.36. The van der Waals surface area contributed by atoms with Crippen molar-refractivity contribution in [3.63, 3.8) is 0 Å². The predicted octanol–water partition coefficient (Wildman–Crippen LogP) is 1.88. The Morgan fingerprint density at radius 1 is 1.20 bits per heavy atom. The van der Waals surface area contributed by atoms with Gasteiger partial charge in [0.15, 0.2) is 19.5 Å². The number of ether oxygens (including phenoxy) is 3.